The second-order valence-electron chi connectivity index (χ2n) is 6.00. The summed E-state index contributed by atoms with van der Waals surface area (Å²) in [4.78, 5) is 25.1. The molecule has 9 heteroatoms. The Kier molecular flexibility index (Phi) is 6.38. The van der Waals surface area contributed by atoms with Gasteiger partial charge in [0, 0.05) is 12.2 Å². The maximum absolute atomic E-state index is 12.0. The van der Waals surface area contributed by atoms with Gasteiger partial charge < -0.3 is 16.4 Å². The number of nitrogens with zero attached hydrogens (tertiary/aromatic N) is 1. The van der Waals surface area contributed by atoms with E-state index in [-0.39, 0.29) is 11.9 Å². The minimum Gasteiger partial charge on any atom is -0.368 e. The molecule has 1 aliphatic rings. The van der Waals surface area contributed by atoms with Crippen LogP contribution >= 0.6 is 0 Å². The van der Waals surface area contributed by atoms with Crippen LogP contribution in [0.3, 0.4) is 0 Å². The number of rotatable bonds is 7. The molecule has 1 unspecified atom stereocenters. The highest BCUT2D eigenvalue weighted by Gasteiger charge is 2.29. The van der Waals surface area contributed by atoms with Gasteiger partial charge in [0.15, 0.2) is 0 Å². The van der Waals surface area contributed by atoms with Crippen molar-refractivity contribution in [2.45, 2.75) is 31.6 Å². The molecule has 6 nitrogen and oxygen atoms in total. The van der Waals surface area contributed by atoms with Gasteiger partial charge in [0.05, 0.1) is 19.1 Å². The van der Waals surface area contributed by atoms with E-state index in [2.05, 4.69) is 5.32 Å². The van der Waals surface area contributed by atoms with Gasteiger partial charge in [-0.05, 0) is 37.1 Å². The summed E-state index contributed by atoms with van der Waals surface area (Å²) >= 11 is 0. The second kappa shape index (κ2) is 8.30. The first-order valence-electron chi connectivity index (χ1n) is 7.94. The van der Waals surface area contributed by atoms with Crippen molar-refractivity contribution in [2.24, 2.45) is 5.73 Å². The number of halogens is 3. The molecule has 1 aliphatic heterocycles. The SMILES string of the molecule is NC(=O)C1CCCN1Cc1cccc(NC(=O)CNCC(F)(F)F)c1. The van der Waals surface area contributed by atoms with Gasteiger partial charge in [0.1, 0.15) is 0 Å². The van der Waals surface area contributed by atoms with E-state index in [1.54, 1.807) is 18.2 Å². The number of anilines is 1. The van der Waals surface area contributed by atoms with Crippen molar-refractivity contribution in [3.05, 3.63) is 29.8 Å². The Hall–Kier alpha value is -2.13. The molecule has 138 valence electrons. The van der Waals surface area contributed by atoms with Gasteiger partial charge in [-0.3, -0.25) is 14.5 Å². The van der Waals surface area contributed by atoms with Gasteiger partial charge in [0.25, 0.3) is 0 Å². The molecule has 1 fully saturated rings. The molecule has 1 heterocycles. The standard InChI is InChI=1S/C16H21F3N4O2/c17-16(18,19)10-21-8-14(24)22-12-4-1-3-11(7-12)9-23-6-2-5-13(23)15(20)25/h1,3-4,7,13,21H,2,5-6,8-10H2,(H2,20,25)(H,22,24). The van der Waals surface area contributed by atoms with E-state index >= 15 is 0 Å². The Morgan fingerprint density at radius 1 is 1.32 bits per heavy atom. The average molecular weight is 358 g/mol. The van der Waals surface area contributed by atoms with Crippen molar-refractivity contribution in [1.82, 2.24) is 10.2 Å². The third-order valence-electron chi connectivity index (χ3n) is 3.90. The molecule has 1 aromatic carbocycles. The lowest BCUT2D eigenvalue weighted by molar-refractivity contribution is -0.127. The zero-order valence-corrected chi connectivity index (χ0v) is 13.6. The fourth-order valence-electron chi connectivity index (χ4n) is 2.84. The van der Waals surface area contributed by atoms with Crippen LogP contribution in [0.25, 0.3) is 0 Å². The van der Waals surface area contributed by atoms with E-state index in [0.717, 1.165) is 24.9 Å². The highest BCUT2D eigenvalue weighted by molar-refractivity contribution is 5.92. The molecule has 0 saturated carbocycles. The molecule has 1 atom stereocenters. The largest absolute Gasteiger partial charge is 0.401 e. The summed E-state index contributed by atoms with van der Waals surface area (Å²) in [5.41, 5.74) is 6.77. The van der Waals surface area contributed by atoms with Crippen molar-refractivity contribution in [2.75, 3.05) is 25.0 Å². The minimum absolute atomic E-state index is 0.287. The predicted molar refractivity (Wildman–Crippen MR) is 86.6 cm³/mol. The Labute approximate surface area is 143 Å². The summed E-state index contributed by atoms with van der Waals surface area (Å²) in [5.74, 6) is -0.907. The third-order valence-corrected chi connectivity index (χ3v) is 3.90. The lowest BCUT2D eigenvalue weighted by Crippen LogP contribution is -2.39. The van der Waals surface area contributed by atoms with E-state index < -0.39 is 25.2 Å². The van der Waals surface area contributed by atoms with E-state index in [1.165, 1.54) is 0 Å². The number of carbonyl (C=O) groups excluding carboxylic acids is 2. The summed E-state index contributed by atoms with van der Waals surface area (Å²) in [6.45, 7) is -0.362. The Morgan fingerprint density at radius 3 is 2.76 bits per heavy atom. The molecular formula is C16H21F3N4O2. The van der Waals surface area contributed by atoms with Crippen LogP contribution in [0.4, 0.5) is 18.9 Å². The number of nitrogens with two attached hydrogens (primary N) is 1. The summed E-state index contributed by atoms with van der Waals surface area (Å²) in [5, 5.41) is 4.59. The molecule has 25 heavy (non-hydrogen) atoms. The highest BCUT2D eigenvalue weighted by Crippen LogP contribution is 2.21. The zero-order chi connectivity index (χ0) is 18.4. The average Bonchev–Trinajstić information content (AvgIpc) is 2.94. The number of hydrogen-bond acceptors (Lipinski definition) is 4. The van der Waals surface area contributed by atoms with Crippen LogP contribution in [-0.2, 0) is 16.1 Å². The van der Waals surface area contributed by atoms with E-state index in [0.29, 0.717) is 12.2 Å². The predicted octanol–water partition coefficient (Wildman–Crippen LogP) is 1.23. The van der Waals surface area contributed by atoms with Crippen molar-refractivity contribution < 1.29 is 22.8 Å². The number of carbonyl (C=O) groups is 2. The first-order chi connectivity index (χ1) is 11.7. The van der Waals surface area contributed by atoms with Crippen LogP contribution in [0, 0.1) is 0 Å². The second-order valence-corrected chi connectivity index (χ2v) is 6.00. The number of hydrogen-bond donors (Lipinski definition) is 3. The van der Waals surface area contributed by atoms with Crippen LogP contribution < -0.4 is 16.4 Å². The first kappa shape index (κ1) is 19.2. The summed E-state index contributed by atoms with van der Waals surface area (Å²) < 4.78 is 36.1. The molecule has 2 amide bonds. The molecule has 2 rings (SSSR count). The van der Waals surface area contributed by atoms with Crippen LogP contribution in [0.2, 0.25) is 0 Å². The lowest BCUT2D eigenvalue weighted by Gasteiger charge is -2.22. The Morgan fingerprint density at radius 2 is 2.08 bits per heavy atom. The van der Waals surface area contributed by atoms with Gasteiger partial charge in [-0.1, -0.05) is 12.1 Å². The van der Waals surface area contributed by atoms with Crippen molar-refractivity contribution in [3.63, 3.8) is 0 Å². The van der Waals surface area contributed by atoms with Crippen LogP contribution in [-0.4, -0.2) is 48.6 Å². The highest BCUT2D eigenvalue weighted by atomic mass is 19.4. The zero-order valence-electron chi connectivity index (χ0n) is 13.6. The molecule has 1 aromatic rings. The number of amides is 2. The topological polar surface area (TPSA) is 87.5 Å². The Balaban J connectivity index is 1.88. The number of benzene rings is 1. The van der Waals surface area contributed by atoms with Gasteiger partial charge in [-0.25, -0.2) is 0 Å². The van der Waals surface area contributed by atoms with Gasteiger partial charge in [-0.15, -0.1) is 0 Å². The molecule has 0 aromatic heterocycles. The maximum atomic E-state index is 12.0. The lowest BCUT2D eigenvalue weighted by atomic mass is 10.1. The van der Waals surface area contributed by atoms with E-state index in [1.807, 2.05) is 16.3 Å². The van der Waals surface area contributed by atoms with E-state index in [9.17, 15) is 22.8 Å². The van der Waals surface area contributed by atoms with Crippen molar-refractivity contribution >= 4 is 17.5 Å². The first-order valence-corrected chi connectivity index (χ1v) is 7.94. The van der Waals surface area contributed by atoms with Crippen LogP contribution in [0.5, 0.6) is 0 Å². The number of nitrogens with one attached hydrogen (secondary N) is 2. The van der Waals surface area contributed by atoms with Gasteiger partial charge >= 0.3 is 6.18 Å². The monoisotopic (exact) mass is 358 g/mol. The fourth-order valence-corrected chi connectivity index (χ4v) is 2.84. The summed E-state index contributed by atoms with van der Waals surface area (Å²) in [6, 6.07) is 6.70. The molecule has 4 N–H and O–H groups in total. The minimum atomic E-state index is -4.35. The van der Waals surface area contributed by atoms with E-state index in [4.69, 9.17) is 5.73 Å². The van der Waals surface area contributed by atoms with Crippen molar-refractivity contribution in [3.8, 4) is 0 Å². The van der Waals surface area contributed by atoms with Crippen LogP contribution in [0.15, 0.2) is 24.3 Å². The molecule has 0 bridgehead atoms. The molecular weight excluding hydrogens is 337 g/mol. The molecule has 0 radical (unpaired) electrons. The number of primary amides is 1. The quantitative estimate of drug-likeness (QED) is 0.684. The maximum Gasteiger partial charge on any atom is 0.401 e. The third kappa shape index (κ3) is 6.35. The number of likely N-dealkylation sites (tertiary alicyclic amines) is 1. The summed E-state index contributed by atoms with van der Waals surface area (Å²) in [7, 11) is 0. The molecule has 0 spiro atoms. The smallest absolute Gasteiger partial charge is 0.368 e. The van der Waals surface area contributed by atoms with Crippen molar-refractivity contribution in [1.29, 1.82) is 0 Å². The number of alkyl halides is 3. The fraction of sp³-hybridized carbons (Fsp3) is 0.500. The molecule has 0 aliphatic carbocycles. The normalized spacial score (nSPS) is 18.3. The van der Waals surface area contributed by atoms with Crippen LogP contribution in [0.1, 0.15) is 18.4 Å². The van der Waals surface area contributed by atoms with Gasteiger partial charge in [-0.2, -0.15) is 13.2 Å². The molecule has 1 saturated heterocycles. The Bertz CT molecular complexity index is 622. The summed E-state index contributed by atoms with van der Waals surface area (Å²) in [6.07, 6.45) is -2.72. The van der Waals surface area contributed by atoms with Gasteiger partial charge in [0.2, 0.25) is 11.8 Å².